The standard InChI is InChI=1S/C97H171N7O24/c1-8-9-16-90-101-91-92(104(90)76-95(5,77-105)78-106)85-19-17-81(74-89(85)100-93(91)98)15-11-28-102-30-32-103(33-31-102)29-12-34-108-36-38-110-40-42-112-44-46-114-48-50-116-52-54-118-56-58-120-60-62-122-64-66-124-68-70-126-72-73-127-71-69-125-67-65-123-63-61-121-59-57-119-55-53-117-51-49-115-47-45-113-43-41-111-39-37-109-35-27-99-94(107)128-83-23-25-96(6)82(75-83)18-20-84-87-22-21-86(80(4)14-10-13-79(2)3)97(87,7)26-24-88(84)96/h17-19,74,79-80,83-84,86-88,105-106H,8-16,20-73,75-78H2,1-7H3,(H2,98,100)(H,99,107)/t80-,83+,84+,86-,87+,88+,96+,97-/m1/s1. The maximum absolute atomic E-state index is 12.8. The lowest BCUT2D eigenvalue weighted by atomic mass is 9.47. The van der Waals surface area contributed by atoms with Crippen LogP contribution in [0, 0.1) is 51.8 Å². The number of aromatic nitrogens is 3. The molecule has 1 aromatic carbocycles. The Morgan fingerprint density at radius 2 is 0.938 bits per heavy atom. The minimum absolute atomic E-state index is 0.0623. The van der Waals surface area contributed by atoms with E-state index in [1.807, 2.05) is 6.92 Å². The number of allylic oxidation sites excluding steroid dienone is 1. The quantitative estimate of drug-likeness (QED) is 0.0301. The smallest absolute Gasteiger partial charge is 0.407 e. The highest BCUT2D eigenvalue weighted by atomic mass is 16.6. The van der Waals surface area contributed by atoms with Crippen molar-refractivity contribution < 1.29 is 114 Å². The average molecular weight is 1820 g/mol. The molecule has 5 N–H and O–H groups in total. The van der Waals surface area contributed by atoms with Crippen molar-refractivity contribution >= 4 is 33.8 Å². The van der Waals surface area contributed by atoms with Crippen LogP contribution in [0.15, 0.2) is 29.8 Å². The molecular weight excluding hydrogens is 1650 g/mol. The van der Waals surface area contributed by atoms with E-state index in [9.17, 15) is 15.0 Å². The van der Waals surface area contributed by atoms with Gasteiger partial charge in [-0.25, -0.2) is 14.8 Å². The van der Waals surface area contributed by atoms with Gasteiger partial charge in [-0.3, -0.25) is 0 Å². The van der Waals surface area contributed by atoms with Crippen LogP contribution in [0.1, 0.15) is 156 Å². The van der Waals surface area contributed by atoms with Gasteiger partial charge in [0.15, 0.2) is 5.82 Å². The molecule has 0 spiro atoms. The van der Waals surface area contributed by atoms with Gasteiger partial charge in [-0.05, 0) is 135 Å². The summed E-state index contributed by atoms with van der Waals surface area (Å²) in [5.41, 5.74) is 11.8. The third-order valence-electron chi connectivity index (χ3n) is 26.2. The summed E-state index contributed by atoms with van der Waals surface area (Å²) in [5.74, 6) is 6.25. The van der Waals surface area contributed by atoms with E-state index in [1.165, 1.54) is 56.9 Å². The molecule has 4 aliphatic carbocycles. The number of nitrogens with one attached hydrogen (secondary N) is 1. The Morgan fingerprint density at radius 1 is 0.508 bits per heavy atom. The summed E-state index contributed by atoms with van der Waals surface area (Å²) in [6, 6.07) is 6.50. The van der Waals surface area contributed by atoms with Gasteiger partial charge in [-0.1, -0.05) is 97.9 Å². The number of rotatable bonds is 81. The van der Waals surface area contributed by atoms with E-state index >= 15 is 0 Å². The van der Waals surface area contributed by atoms with E-state index in [0.29, 0.717) is 288 Å². The molecule has 8 rings (SSSR count). The van der Waals surface area contributed by atoms with E-state index in [-0.39, 0.29) is 30.8 Å². The van der Waals surface area contributed by atoms with Gasteiger partial charge in [0.05, 0.1) is 282 Å². The van der Waals surface area contributed by atoms with Gasteiger partial charge in [0, 0.05) is 76.1 Å². The molecule has 4 fully saturated rings. The van der Waals surface area contributed by atoms with Crippen LogP contribution in [0.5, 0.6) is 0 Å². The molecule has 5 aliphatic rings. The lowest BCUT2D eigenvalue weighted by Gasteiger charge is -2.58. The predicted molar refractivity (Wildman–Crippen MR) is 494 cm³/mol. The van der Waals surface area contributed by atoms with Crippen LogP contribution in [0.4, 0.5) is 10.6 Å². The number of carbonyl (C=O) groups excluding carboxylic acids is 1. The number of nitrogens with zero attached hydrogens (tertiary/aromatic N) is 5. The zero-order chi connectivity index (χ0) is 90.6. The maximum atomic E-state index is 12.8. The molecule has 1 aliphatic heterocycles. The number of benzene rings is 1. The number of amides is 1. The molecule has 3 aromatic rings. The number of piperazine rings is 1. The van der Waals surface area contributed by atoms with Gasteiger partial charge in [-0.15, -0.1) is 0 Å². The van der Waals surface area contributed by atoms with E-state index in [1.54, 1.807) is 5.57 Å². The minimum atomic E-state index is -0.693. The molecule has 3 saturated carbocycles. The number of nitrogens with two attached hydrogens (primary N) is 1. The third-order valence-corrected chi connectivity index (χ3v) is 26.2. The summed E-state index contributed by atoms with van der Waals surface area (Å²) in [5, 5.41) is 24.2. The lowest BCUT2D eigenvalue weighted by molar-refractivity contribution is -0.0581. The van der Waals surface area contributed by atoms with E-state index in [0.717, 1.165) is 161 Å². The molecular formula is C97H171N7O24. The summed E-state index contributed by atoms with van der Waals surface area (Å²) in [6.07, 6.45) is 21.8. The predicted octanol–water partition coefficient (Wildman–Crippen LogP) is 10.9. The van der Waals surface area contributed by atoms with Gasteiger partial charge < -0.3 is 135 Å². The number of anilines is 1. The Morgan fingerprint density at radius 3 is 1.37 bits per heavy atom. The van der Waals surface area contributed by atoms with Crippen molar-refractivity contribution in [3.63, 3.8) is 0 Å². The zero-order valence-corrected chi connectivity index (χ0v) is 79.9. The Hall–Kier alpha value is -4.05. The topological polar surface area (TPSA) is 327 Å². The number of carbonyl (C=O) groups is 1. The van der Waals surface area contributed by atoms with Gasteiger partial charge in [0.1, 0.15) is 17.4 Å². The summed E-state index contributed by atoms with van der Waals surface area (Å²) in [4.78, 5) is 27.6. The second-order valence-electron chi connectivity index (χ2n) is 36.3. The summed E-state index contributed by atoms with van der Waals surface area (Å²) in [7, 11) is 0. The molecule has 738 valence electrons. The first-order chi connectivity index (χ1) is 62.7. The van der Waals surface area contributed by atoms with Crippen LogP contribution in [-0.2, 0) is 119 Å². The highest BCUT2D eigenvalue weighted by Gasteiger charge is 2.59. The Labute approximate surface area is 766 Å². The lowest BCUT2D eigenvalue weighted by Crippen LogP contribution is -2.51. The molecule has 31 nitrogen and oxygen atoms in total. The normalized spacial score (nSPS) is 20.7. The van der Waals surface area contributed by atoms with E-state index in [2.05, 4.69) is 85.5 Å². The van der Waals surface area contributed by atoms with Crippen molar-refractivity contribution in [1.82, 2.24) is 29.7 Å². The molecule has 1 amide bonds. The molecule has 0 unspecified atom stereocenters. The molecule has 0 bridgehead atoms. The minimum Gasteiger partial charge on any atom is -0.446 e. The number of hydrogen-bond donors (Lipinski definition) is 4. The maximum Gasteiger partial charge on any atom is 0.407 e. The first kappa shape index (κ1) is 109. The van der Waals surface area contributed by atoms with Gasteiger partial charge >= 0.3 is 6.09 Å². The number of aliphatic hydroxyl groups is 2. The SMILES string of the molecule is CCCCc1nc2c(N)nc3cc(CCCN4CCN(CCCOCCOCCOCCOCCOCCOCCOCCOCCOCCOCCOCCOCCOCCOCCOCCOCCOCCOCCOCCOCCNC(=O)O[C@H]5CC[C@@]6(C)C(=CC[C@H]7[C@@H]8CC[C@H]([C@H](C)CCCC(C)C)[C@@]8(C)CC[C@@H]76)C5)CC4)ccc3c2n1CC(C)(CO)CO. The number of unbranched alkanes of at least 4 members (excludes halogenated alkanes) is 1. The molecule has 3 heterocycles. The molecule has 2 aromatic heterocycles. The Kier molecular flexibility index (Phi) is 56.7. The Balaban J connectivity index is 0.444. The van der Waals surface area contributed by atoms with Gasteiger partial charge in [0.2, 0.25) is 0 Å². The number of imidazole rings is 1. The summed E-state index contributed by atoms with van der Waals surface area (Å²) < 4.78 is 120. The van der Waals surface area contributed by atoms with Crippen LogP contribution >= 0.6 is 0 Å². The number of alkyl carbamates (subject to hydrolysis) is 1. The number of fused-ring (bicyclic) bond motifs is 8. The number of aryl methyl sites for hydroxylation is 2. The van der Waals surface area contributed by atoms with Crippen molar-refractivity contribution in [1.29, 1.82) is 0 Å². The molecule has 31 heteroatoms. The summed E-state index contributed by atoms with van der Waals surface area (Å²) >= 11 is 0. The monoisotopic (exact) mass is 1820 g/mol. The fourth-order valence-corrected chi connectivity index (χ4v) is 19.0. The van der Waals surface area contributed by atoms with Crippen molar-refractivity contribution in [3.8, 4) is 0 Å². The molecule has 8 atom stereocenters. The number of pyridine rings is 1. The van der Waals surface area contributed by atoms with Crippen LogP contribution in [0.25, 0.3) is 21.9 Å². The Bertz CT molecular complexity index is 3340. The molecule has 128 heavy (non-hydrogen) atoms. The number of nitrogen functional groups attached to an aromatic ring is 1. The highest BCUT2D eigenvalue weighted by Crippen LogP contribution is 2.67. The van der Waals surface area contributed by atoms with Crippen molar-refractivity contribution in [2.45, 2.75) is 170 Å². The van der Waals surface area contributed by atoms with Crippen LogP contribution < -0.4 is 11.1 Å². The van der Waals surface area contributed by atoms with Gasteiger partial charge in [0.25, 0.3) is 0 Å². The fourth-order valence-electron chi connectivity index (χ4n) is 19.0. The summed E-state index contributed by atoms with van der Waals surface area (Å²) in [6.45, 7) is 43.0. The number of aliphatic hydroxyl groups excluding tert-OH is 2. The average Bonchev–Trinajstić information content (AvgIpc) is 1.35. The fraction of sp³-hybridized carbons (Fsp3) is 0.866. The van der Waals surface area contributed by atoms with Crippen molar-refractivity contribution in [3.05, 3.63) is 41.2 Å². The molecule has 1 saturated heterocycles. The second-order valence-corrected chi connectivity index (χ2v) is 36.3. The first-order valence-corrected chi connectivity index (χ1v) is 49.1. The second kappa shape index (κ2) is 66.4. The van der Waals surface area contributed by atoms with Gasteiger partial charge in [-0.2, -0.15) is 0 Å². The van der Waals surface area contributed by atoms with Crippen molar-refractivity contribution in [2.24, 2.45) is 51.8 Å². The molecule has 0 radical (unpaired) electrons. The van der Waals surface area contributed by atoms with Crippen LogP contribution in [0.3, 0.4) is 0 Å². The first-order valence-electron chi connectivity index (χ1n) is 49.1. The van der Waals surface area contributed by atoms with Crippen LogP contribution in [-0.4, -0.2) is 370 Å². The number of ether oxygens (including phenoxy) is 21. The number of hydrogen-bond acceptors (Lipinski definition) is 29. The van der Waals surface area contributed by atoms with Crippen molar-refractivity contribution in [2.75, 3.05) is 329 Å². The zero-order valence-electron chi connectivity index (χ0n) is 79.9. The van der Waals surface area contributed by atoms with E-state index < -0.39 is 5.41 Å². The largest absolute Gasteiger partial charge is 0.446 e. The third kappa shape index (κ3) is 41.7. The van der Waals surface area contributed by atoms with E-state index in [4.69, 9.17) is 115 Å². The van der Waals surface area contributed by atoms with Crippen LogP contribution in [0.2, 0.25) is 0 Å². The highest BCUT2D eigenvalue weighted by molar-refractivity contribution is 6.06.